The third kappa shape index (κ3) is 4.25. The first-order valence-corrected chi connectivity index (χ1v) is 5.19. The Kier molecular flexibility index (Phi) is 5.37. The maximum absolute atomic E-state index is 11.6. The summed E-state index contributed by atoms with van der Waals surface area (Å²) in [4.78, 5) is 27.0. The van der Waals surface area contributed by atoms with Gasteiger partial charge in [-0.1, -0.05) is 17.3 Å². The van der Waals surface area contributed by atoms with Crippen LogP contribution in [0.4, 0.5) is 0 Å². The number of nitrogens with one attached hydrogen (secondary N) is 1. The molecule has 1 aromatic carbocycles. The Balaban J connectivity index is 2.59. The van der Waals surface area contributed by atoms with Crippen molar-refractivity contribution >= 4 is 18.1 Å². The predicted octanol–water partition coefficient (Wildman–Crippen LogP) is 0.570. The number of esters is 1. The van der Waals surface area contributed by atoms with E-state index in [1.54, 1.807) is 24.3 Å². The minimum atomic E-state index is -0.493. The molecule has 96 valence electrons. The van der Waals surface area contributed by atoms with Crippen LogP contribution in [0.25, 0.3) is 0 Å². The molecule has 6 nitrogen and oxygen atoms in total. The van der Waals surface area contributed by atoms with E-state index in [-0.39, 0.29) is 12.5 Å². The van der Waals surface area contributed by atoms with Crippen LogP contribution in [0, 0.1) is 0 Å². The fourth-order valence-electron chi connectivity index (χ4n) is 1.16. The molecule has 0 radical (unpaired) electrons. The van der Waals surface area contributed by atoms with Gasteiger partial charge in [0.1, 0.15) is 13.7 Å². The molecule has 0 aromatic heterocycles. The molecular weight excluding hydrogens is 236 g/mol. The number of amides is 1. The van der Waals surface area contributed by atoms with Gasteiger partial charge in [-0.2, -0.15) is 0 Å². The average molecular weight is 250 g/mol. The minimum Gasteiger partial charge on any atom is -0.468 e. The number of hydrogen-bond donors (Lipinski definition) is 1. The molecule has 18 heavy (non-hydrogen) atoms. The molecule has 0 saturated carbocycles. The Morgan fingerprint density at radius 3 is 2.50 bits per heavy atom. The Morgan fingerprint density at radius 1 is 1.28 bits per heavy atom. The fraction of sp³-hybridized carbons (Fsp3) is 0.250. The van der Waals surface area contributed by atoms with Crippen LogP contribution in [-0.2, 0) is 14.4 Å². The highest BCUT2D eigenvalue weighted by Gasteiger charge is 2.07. The number of carbonyl (C=O) groups excluding carboxylic acids is 2. The number of rotatable bonds is 5. The summed E-state index contributed by atoms with van der Waals surface area (Å²) in [5.41, 5.74) is 1.26. The molecule has 0 bridgehead atoms. The summed E-state index contributed by atoms with van der Waals surface area (Å²) in [6, 6.07) is 6.69. The minimum absolute atomic E-state index is 0.151. The molecule has 1 amide bonds. The lowest BCUT2D eigenvalue weighted by Crippen LogP contribution is -2.30. The van der Waals surface area contributed by atoms with Crippen LogP contribution in [0.1, 0.15) is 15.9 Å². The molecule has 0 unspecified atom stereocenters. The van der Waals surface area contributed by atoms with Crippen molar-refractivity contribution in [3.05, 3.63) is 35.4 Å². The van der Waals surface area contributed by atoms with Crippen LogP contribution in [0.3, 0.4) is 0 Å². The highest BCUT2D eigenvalue weighted by Crippen LogP contribution is 2.02. The molecule has 6 heteroatoms. The van der Waals surface area contributed by atoms with Crippen LogP contribution in [0.15, 0.2) is 29.4 Å². The summed E-state index contributed by atoms with van der Waals surface area (Å²) in [6.07, 6.45) is 1.52. The molecule has 1 N–H and O–H groups in total. The van der Waals surface area contributed by atoms with Gasteiger partial charge in [0.2, 0.25) is 0 Å². The normalized spacial score (nSPS) is 10.1. The van der Waals surface area contributed by atoms with Gasteiger partial charge in [-0.25, -0.2) is 0 Å². The zero-order valence-electron chi connectivity index (χ0n) is 10.2. The zero-order valence-corrected chi connectivity index (χ0v) is 10.2. The van der Waals surface area contributed by atoms with Crippen LogP contribution < -0.4 is 5.32 Å². The maximum atomic E-state index is 11.6. The van der Waals surface area contributed by atoms with Gasteiger partial charge in [0, 0.05) is 5.56 Å². The van der Waals surface area contributed by atoms with E-state index in [1.807, 2.05) is 0 Å². The van der Waals surface area contributed by atoms with Crippen molar-refractivity contribution in [1.82, 2.24) is 5.32 Å². The van der Waals surface area contributed by atoms with Crippen molar-refractivity contribution in [3.63, 3.8) is 0 Å². The van der Waals surface area contributed by atoms with Crippen LogP contribution in [0.5, 0.6) is 0 Å². The Labute approximate surface area is 105 Å². The monoisotopic (exact) mass is 250 g/mol. The van der Waals surface area contributed by atoms with Gasteiger partial charge >= 0.3 is 5.97 Å². The largest absolute Gasteiger partial charge is 0.468 e. The zero-order chi connectivity index (χ0) is 13.4. The van der Waals surface area contributed by atoms with Crippen molar-refractivity contribution in [2.75, 3.05) is 20.8 Å². The van der Waals surface area contributed by atoms with Gasteiger partial charge in [-0.05, 0) is 17.7 Å². The lowest BCUT2D eigenvalue weighted by Gasteiger charge is -2.03. The number of benzene rings is 1. The number of methoxy groups -OCH3 is 1. The molecule has 0 fully saturated rings. The highest BCUT2D eigenvalue weighted by molar-refractivity contribution is 5.96. The van der Waals surface area contributed by atoms with Crippen molar-refractivity contribution in [1.29, 1.82) is 0 Å². The molecule has 0 spiro atoms. The summed E-state index contributed by atoms with van der Waals surface area (Å²) in [5, 5.41) is 6.04. The van der Waals surface area contributed by atoms with Gasteiger partial charge < -0.3 is 14.9 Å². The van der Waals surface area contributed by atoms with Crippen LogP contribution in [0.2, 0.25) is 0 Å². The summed E-state index contributed by atoms with van der Waals surface area (Å²) < 4.78 is 4.41. The van der Waals surface area contributed by atoms with Gasteiger partial charge in [0.15, 0.2) is 0 Å². The Hall–Kier alpha value is -2.37. The number of oxime groups is 1. The fourth-order valence-corrected chi connectivity index (χ4v) is 1.16. The molecule has 0 saturated heterocycles. The Bertz CT molecular complexity index is 440. The first-order chi connectivity index (χ1) is 8.67. The van der Waals surface area contributed by atoms with E-state index in [4.69, 9.17) is 0 Å². The van der Waals surface area contributed by atoms with Crippen molar-refractivity contribution in [2.24, 2.45) is 5.16 Å². The predicted molar refractivity (Wildman–Crippen MR) is 65.4 cm³/mol. The second-order valence-electron chi connectivity index (χ2n) is 3.30. The maximum Gasteiger partial charge on any atom is 0.325 e. The van der Waals surface area contributed by atoms with E-state index in [9.17, 15) is 9.59 Å². The molecular formula is C12H14N2O4. The number of carbonyl (C=O) groups is 2. The average Bonchev–Trinajstić information content (AvgIpc) is 2.42. The third-order valence-electron chi connectivity index (χ3n) is 2.10. The molecule has 0 aliphatic carbocycles. The van der Waals surface area contributed by atoms with E-state index in [1.165, 1.54) is 20.4 Å². The smallest absolute Gasteiger partial charge is 0.325 e. The van der Waals surface area contributed by atoms with E-state index >= 15 is 0 Å². The topological polar surface area (TPSA) is 77.0 Å². The number of ether oxygens (including phenoxy) is 1. The lowest BCUT2D eigenvalue weighted by atomic mass is 10.1. The van der Waals surface area contributed by atoms with E-state index < -0.39 is 5.97 Å². The molecule has 0 atom stereocenters. The van der Waals surface area contributed by atoms with E-state index in [0.29, 0.717) is 5.56 Å². The molecule has 1 aromatic rings. The van der Waals surface area contributed by atoms with Crippen molar-refractivity contribution in [2.45, 2.75) is 0 Å². The quantitative estimate of drug-likeness (QED) is 0.471. The second kappa shape index (κ2) is 7.05. The number of hydrogen-bond acceptors (Lipinski definition) is 5. The standard InChI is InChI=1S/C12H14N2O4/c1-17-11(15)8-13-12(16)10-5-3-9(4-6-10)7-14-18-2/h3-7H,8H2,1-2H3,(H,13,16)/b14-7+. The molecule has 0 heterocycles. The summed E-state index contributed by atoms with van der Waals surface area (Å²) >= 11 is 0. The van der Waals surface area contributed by atoms with Gasteiger partial charge in [0.25, 0.3) is 5.91 Å². The summed E-state index contributed by atoms with van der Waals surface area (Å²) in [7, 11) is 2.71. The van der Waals surface area contributed by atoms with Gasteiger partial charge in [0.05, 0.1) is 13.3 Å². The first kappa shape index (κ1) is 13.7. The van der Waals surface area contributed by atoms with Crippen LogP contribution in [-0.4, -0.2) is 38.9 Å². The SMILES string of the molecule is CO/N=C/c1ccc(C(=O)NCC(=O)OC)cc1. The summed E-state index contributed by atoms with van der Waals surface area (Å²) in [5.74, 6) is -0.831. The van der Waals surface area contributed by atoms with Gasteiger partial charge in [-0.15, -0.1) is 0 Å². The van der Waals surface area contributed by atoms with Crippen molar-refractivity contribution < 1.29 is 19.2 Å². The number of nitrogens with zero attached hydrogens (tertiary/aromatic N) is 1. The van der Waals surface area contributed by atoms with Crippen molar-refractivity contribution in [3.8, 4) is 0 Å². The Morgan fingerprint density at radius 2 is 1.94 bits per heavy atom. The first-order valence-electron chi connectivity index (χ1n) is 5.19. The second-order valence-corrected chi connectivity index (χ2v) is 3.30. The lowest BCUT2D eigenvalue weighted by molar-refractivity contribution is -0.139. The van der Waals surface area contributed by atoms with E-state index in [0.717, 1.165) is 5.56 Å². The molecule has 0 aliphatic heterocycles. The van der Waals surface area contributed by atoms with Gasteiger partial charge in [-0.3, -0.25) is 9.59 Å². The summed E-state index contributed by atoms with van der Waals surface area (Å²) in [6.45, 7) is -0.151. The van der Waals surface area contributed by atoms with E-state index in [2.05, 4.69) is 20.0 Å². The molecule has 0 aliphatic rings. The highest BCUT2D eigenvalue weighted by atomic mass is 16.6. The van der Waals surface area contributed by atoms with Crippen LogP contribution >= 0.6 is 0 Å². The third-order valence-corrected chi connectivity index (χ3v) is 2.10. The molecule has 1 rings (SSSR count).